The molecular weight excluding hydrogens is 237 g/mol. The minimum Gasteiger partial charge on any atom is -0.469 e. The Bertz CT molecular complexity index is 475. The highest BCUT2D eigenvalue weighted by molar-refractivity contribution is 5.83. The van der Waals surface area contributed by atoms with Crippen molar-refractivity contribution in [2.45, 2.75) is 12.3 Å². The Hall–Kier alpha value is -1.91. The average Bonchev–Trinajstić information content (AvgIpc) is 2.38. The Morgan fingerprint density at radius 2 is 2.28 bits per heavy atom. The van der Waals surface area contributed by atoms with Gasteiger partial charge < -0.3 is 10.1 Å². The van der Waals surface area contributed by atoms with E-state index >= 15 is 0 Å². The van der Waals surface area contributed by atoms with Crippen LogP contribution in [0, 0.1) is 11.7 Å². The molecule has 0 saturated carbocycles. The number of esters is 1. The first kappa shape index (κ1) is 12.5. The van der Waals surface area contributed by atoms with E-state index in [2.05, 4.69) is 5.32 Å². The van der Waals surface area contributed by atoms with Gasteiger partial charge in [-0.25, -0.2) is 4.39 Å². The molecule has 1 aromatic carbocycles. The molecule has 1 fully saturated rings. The van der Waals surface area contributed by atoms with Crippen LogP contribution in [0.25, 0.3) is 0 Å². The smallest absolute Gasteiger partial charge is 0.311 e. The van der Waals surface area contributed by atoms with E-state index in [1.54, 1.807) is 12.1 Å². The average molecular weight is 251 g/mol. The van der Waals surface area contributed by atoms with E-state index in [4.69, 9.17) is 4.74 Å². The maximum absolute atomic E-state index is 13.2. The Balaban J connectivity index is 2.30. The largest absolute Gasteiger partial charge is 0.469 e. The van der Waals surface area contributed by atoms with E-state index in [1.807, 2.05) is 0 Å². The number of nitrogens with one attached hydrogen (secondary N) is 1. The fourth-order valence-corrected chi connectivity index (χ4v) is 2.27. The van der Waals surface area contributed by atoms with Crippen LogP contribution in [0.4, 0.5) is 4.39 Å². The molecule has 1 amide bonds. The van der Waals surface area contributed by atoms with Crippen LogP contribution in [-0.2, 0) is 14.3 Å². The molecule has 18 heavy (non-hydrogen) atoms. The molecule has 4 nitrogen and oxygen atoms in total. The molecule has 0 bridgehead atoms. The first-order valence-corrected chi connectivity index (χ1v) is 5.72. The van der Waals surface area contributed by atoms with Crippen LogP contribution in [0.2, 0.25) is 0 Å². The second-order valence-electron chi connectivity index (χ2n) is 4.30. The zero-order valence-electron chi connectivity index (χ0n) is 9.98. The van der Waals surface area contributed by atoms with Crippen LogP contribution in [0.5, 0.6) is 0 Å². The number of amides is 1. The van der Waals surface area contributed by atoms with Gasteiger partial charge in [-0.2, -0.15) is 0 Å². The zero-order chi connectivity index (χ0) is 13.1. The van der Waals surface area contributed by atoms with Gasteiger partial charge in [-0.15, -0.1) is 0 Å². The fraction of sp³-hybridized carbons (Fsp3) is 0.385. The molecule has 2 rings (SSSR count). The van der Waals surface area contributed by atoms with Crippen molar-refractivity contribution in [1.82, 2.24) is 5.32 Å². The minimum atomic E-state index is -0.463. The number of carbonyl (C=O) groups excluding carboxylic acids is 2. The molecule has 1 saturated heterocycles. The molecule has 1 N–H and O–H groups in total. The Morgan fingerprint density at radius 1 is 1.50 bits per heavy atom. The van der Waals surface area contributed by atoms with Crippen molar-refractivity contribution in [2.75, 3.05) is 13.7 Å². The molecule has 0 aliphatic carbocycles. The molecule has 0 radical (unpaired) electrons. The summed E-state index contributed by atoms with van der Waals surface area (Å²) in [4.78, 5) is 23.1. The lowest BCUT2D eigenvalue weighted by atomic mass is 9.81. The van der Waals surface area contributed by atoms with E-state index in [9.17, 15) is 14.0 Å². The molecule has 0 unspecified atom stereocenters. The summed E-state index contributed by atoms with van der Waals surface area (Å²) in [6, 6.07) is 5.99. The molecule has 2 atom stereocenters. The van der Waals surface area contributed by atoms with Crippen LogP contribution < -0.4 is 5.32 Å². The Labute approximate surface area is 104 Å². The molecule has 1 heterocycles. The van der Waals surface area contributed by atoms with Gasteiger partial charge in [0.05, 0.1) is 13.0 Å². The maximum Gasteiger partial charge on any atom is 0.311 e. The number of ether oxygens (including phenoxy) is 1. The van der Waals surface area contributed by atoms with Gasteiger partial charge in [0, 0.05) is 18.9 Å². The number of carbonyl (C=O) groups is 2. The first-order chi connectivity index (χ1) is 8.61. The molecular formula is C13H14FNO3. The molecule has 1 aliphatic heterocycles. The molecule has 1 aliphatic rings. The van der Waals surface area contributed by atoms with Crippen molar-refractivity contribution < 1.29 is 18.7 Å². The number of methoxy groups -OCH3 is 1. The van der Waals surface area contributed by atoms with Crippen LogP contribution >= 0.6 is 0 Å². The van der Waals surface area contributed by atoms with Crippen molar-refractivity contribution in [3.05, 3.63) is 35.6 Å². The highest BCUT2D eigenvalue weighted by atomic mass is 19.1. The van der Waals surface area contributed by atoms with Gasteiger partial charge >= 0.3 is 5.97 Å². The summed E-state index contributed by atoms with van der Waals surface area (Å²) < 4.78 is 17.9. The predicted molar refractivity (Wildman–Crippen MR) is 62.3 cm³/mol. The van der Waals surface area contributed by atoms with Crippen LogP contribution in [0.1, 0.15) is 17.9 Å². The topological polar surface area (TPSA) is 55.4 Å². The summed E-state index contributed by atoms with van der Waals surface area (Å²) in [5.74, 6) is -1.69. The Kier molecular flexibility index (Phi) is 3.60. The van der Waals surface area contributed by atoms with Crippen molar-refractivity contribution in [3.63, 3.8) is 0 Å². The number of halogens is 1. The molecule has 5 heteroatoms. The summed E-state index contributed by atoms with van der Waals surface area (Å²) in [5.41, 5.74) is 0.653. The first-order valence-electron chi connectivity index (χ1n) is 5.72. The normalized spacial score (nSPS) is 23.3. The van der Waals surface area contributed by atoms with Gasteiger partial charge in [-0.3, -0.25) is 9.59 Å². The number of hydrogen-bond donors (Lipinski definition) is 1. The second kappa shape index (κ2) is 5.16. The number of hydrogen-bond acceptors (Lipinski definition) is 3. The van der Waals surface area contributed by atoms with Crippen molar-refractivity contribution >= 4 is 11.9 Å². The second-order valence-corrected chi connectivity index (χ2v) is 4.30. The van der Waals surface area contributed by atoms with Gasteiger partial charge in [-0.05, 0) is 17.7 Å². The van der Waals surface area contributed by atoms with E-state index in [0.717, 1.165) is 0 Å². The lowest BCUT2D eigenvalue weighted by molar-refractivity contribution is -0.147. The van der Waals surface area contributed by atoms with Crippen LogP contribution in [0.3, 0.4) is 0 Å². The van der Waals surface area contributed by atoms with Crippen LogP contribution in [0.15, 0.2) is 24.3 Å². The number of rotatable bonds is 2. The third-order valence-electron chi connectivity index (χ3n) is 3.19. The van der Waals surface area contributed by atoms with Gasteiger partial charge in [0.2, 0.25) is 5.91 Å². The number of benzene rings is 1. The van der Waals surface area contributed by atoms with Crippen molar-refractivity contribution in [3.8, 4) is 0 Å². The number of piperidine rings is 1. The molecule has 0 aromatic heterocycles. The minimum absolute atomic E-state index is 0.135. The Morgan fingerprint density at radius 3 is 2.94 bits per heavy atom. The molecule has 1 aromatic rings. The van der Waals surface area contributed by atoms with E-state index in [0.29, 0.717) is 5.56 Å². The molecule has 0 spiro atoms. The molecule has 96 valence electrons. The monoisotopic (exact) mass is 251 g/mol. The summed E-state index contributed by atoms with van der Waals surface area (Å²) >= 11 is 0. The maximum atomic E-state index is 13.2. The fourth-order valence-electron chi connectivity index (χ4n) is 2.27. The highest BCUT2D eigenvalue weighted by Crippen LogP contribution is 2.31. The van der Waals surface area contributed by atoms with E-state index in [-0.39, 0.29) is 36.6 Å². The van der Waals surface area contributed by atoms with Crippen molar-refractivity contribution in [1.29, 1.82) is 0 Å². The van der Waals surface area contributed by atoms with Gasteiger partial charge in [0.25, 0.3) is 0 Å². The SMILES string of the molecule is COC(=O)[C@H]1CNC(=O)C[C@@H]1c1cccc(F)c1. The summed E-state index contributed by atoms with van der Waals surface area (Å²) in [6.07, 6.45) is 0.170. The third kappa shape index (κ3) is 2.50. The third-order valence-corrected chi connectivity index (χ3v) is 3.19. The highest BCUT2D eigenvalue weighted by Gasteiger charge is 2.36. The van der Waals surface area contributed by atoms with Crippen molar-refractivity contribution in [2.24, 2.45) is 5.92 Å². The summed E-state index contributed by atoms with van der Waals surface area (Å²) in [7, 11) is 1.31. The summed E-state index contributed by atoms with van der Waals surface area (Å²) in [6.45, 7) is 0.229. The standard InChI is InChI=1S/C13H14FNO3/c1-18-13(17)11-7-15-12(16)6-10(11)8-3-2-4-9(14)5-8/h2-5,10-11H,6-7H2,1H3,(H,15,16)/t10-,11+/m1/s1. The quantitative estimate of drug-likeness (QED) is 0.804. The lowest BCUT2D eigenvalue weighted by Crippen LogP contribution is -2.43. The lowest BCUT2D eigenvalue weighted by Gasteiger charge is -2.29. The summed E-state index contributed by atoms with van der Waals surface area (Å²) in [5, 5.41) is 2.63. The zero-order valence-corrected chi connectivity index (χ0v) is 9.98. The van der Waals surface area contributed by atoms with Crippen LogP contribution in [-0.4, -0.2) is 25.5 Å². The van der Waals surface area contributed by atoms with Gasteiger partial charge in [0.1, 0.15) is 5.82 Å². The van der Waals surface area contributed by atoms with E-state index < -0.39 is 5.92 Å². The van der Waals surface area contributed by atoms with E-state index in [1.165, 1.54) is 19.2 Å². The predicted octanol–water partition coefficient (Wildman–Crippen LogP) is 1.22. The van der Waals surface area contributed by atoms with Gasteiger partial charge in [0.15, 0.2) is 0 Å². The van der Waals surface area contributed by atoms with Gasteiger partial charge in [-0.1, -0.05) is 12.1 Å².